The third kappa shape index (κ3) is 8.39. The quantitative estimate of drug-likeness (QED) is 0.242. The summed E-state index contributed by atoms with van der Waals surface area (Å²) in [5.74, 6) is -1.11. The predicted molar refractivity (Wildman–Crippen MR) is 121 cm³/mol. The molecule has 0 amide bonds. The van der Waals surface area contributed by atoms with Crippen LogP contribution in [0.15, 0.2) is 24.6 Å². The van der Waals surface area contributed by atoms with E-state index in [1.54, 1.807) is 0 Å². The maximum Gasteiger partial charge on any atom is 0.342 e. The molecule has 0 bridgehead atoms. The number of rotatable bonds is 12. The summed E-state index contributed by atoms with van der Waals surface area (Å²) in [5, 5.41) is 0. The van der Waals surface area contributed by atoms with Gasteiger partial charge >= 0.3 is 29.1 Å². The predicted octanol–water partition coefficient (Wildman–Crippen LogP) is 4.54. The van der Waals surface area contributed by atoms with Gasteiger partial charge in [0.2, 0.25) is 0 Å². The van der Waals surface area contributed by atoms with E-state index >= 15 is 0 Å². The molecule has 0 aromatic carbocycles. The fourth-order valence-electron chi connectivity index (χ4n) is 3.40. The molecule has 0 radical (unpaired) electrons. The van der Waals surface area contributed by atoms with Gasteiger partial charge in [0.15, 0.2) is 16.6 Å². The molecule has 1 heterocycles. The topological polar surface area (TPSA) is 71.1 Å². The molecule has 0 aliphatic carbocycles. The Morgan fingerprint density at radius 2 is 1.61 bits per heavy atom. The Hall–Kier alpha value is -0.632. The van der Waals surface area contributed by atoms with E-state index in [2.05, 4.69) is 44.1 Å². The maximum absolute atomic E-state index is 11.6. The van der Waals surface area contributed by atoms with E-state index in [4.69, 9.17) is 12.3 Å². The van der Waals surface area contributed by atoms with Gasteiger partial charge in [-0.25, -0.2) is 0 Å². The first kappa shape index (κ1) is 25.4. The Kier molecular flexibility index (Phi) is 8.58. The van der Waals surface area contributed by atoms with Gasteiger partial charge in [0.05, 0.1) is 12.3 Å². The van der Waals surface area contributed by atoms with Crippen LogP contribution in [-0.2, 0) is 26.7 Å². The van der Waals surface area contributed by atoms with Gasteiger partial charge in [-0.1, -0.05) is 17.8 Å². The van der Waals surface area contributed by atoms with Crippen LogP contribution in [-0.4, -0.2) is 45.7 Å². The van der Waals surface area contributed by atoms with E-state index in [9.17, 15) is 9.59 Å². The first-order valence-electron chi connectivity index (χ1n) is 9.75. The summed E-state index contributed by atoms with van der Waals surface area (Å²) in [6, 6.07) is 0.875. The first-order valence-corrected chi connectivity index (χ1v) is 21.1. The van der Waals surface area contributed by atoms with Crippen LogP contribution in [0.3, 0.4) is 0 Å². The lowest BCUT2D eigenvalue weighted by molar-refractivity contribution is -0.153. The van der Waals surface area contributed by atoms with Crippen LogP contribution < -0.4 is 0 Å². The number of hydrogen-bond donors (Lipinski definition) is 0. The van der Waals surface area contributed by atoms with Gasteiger partial charge in [-0.15, -0.1) is 13.2 Å². The molecule has 1 aliphatic rings. The highest BCUT2D eigenvalue weighted by atomic mass is 28.5. The van der Waals surface area contributed by atoms with Crippen molar-refractivity contribution in [3.63, 3.8) is 0 Å². The van der Waals surface area contributed by atoms with Crippen molar-refractivity contribution in [2.45, 2.75) is 71.1 Å². The lowest BCUT2D eigenvalue weighted by Crippen LogP contribution is -2.56. The van der Waals surface area contributed by atoms with Crippen LogP contribution in [0.1, 0.15) is 19.3 Å². The van der Waals surface area contributed by atoms with Gasteiger partial charge < -0.3 is 17.1 Å². The largest absolute Gasteiger partial charge is 0.433 e. The van der Waals surface area contributed by atoms with Crippen LogP contribution >= 0.6 is 0 Å². The zero-order valence-electron chi connectivity index (χ0n) is 18.4. The molecule has 2 atom stereocenters. The van der Waals surface area contributed by atoms with E-state index in [0.717, 1.165) is 12.5 Å². The molecule has 0 aromatic rings. The summed E-state index contributed by atoms with van der Waals surface area (Å²) in [6.07, 6.45) is 1.67. The normalized spacial score (nSPS) is 20.6. The second-order valence-electron chi connectivity index (χ2n) is 9.08. The lowest BCUT2D eigenvalue weighted by atomic mass is 10.0. The SMILES string of the molecule is C=C[Si](C)(C)O[Si](C)(C)O[Si](C)(C=C)O[Si](C)(C)CCCC1CC(=O)OC1=O. The maximum atomic E-state index is 11.6. The molecular weight excluding hydrogens is 425 g/mol. The number of ether oxygens (including phenoxy) is 1. The van der Waals surface area contributed by atoms with Crippen LogP contribution in [0.25, 0.3) is 0 Å². The van der Waals surface area contributed by atoms with Crippen LogP contribution in [0.5, 0.6) is 0 Å². The minimum Gasteiger partial charge on any atom is -0.433 e. The van der Waals surface area contributed by atoms with E-state index in [1.807, 2.05) is 31.0 Å². The summed E-state index contributed by atoms with van der Waals surface area (Å²) in [5.41, 5.74) is 3.74. The third-order valence-electron chi connectivity index (χ3n) is 4.59. The number of carbonyl (C=O) groups is 2. The van der Waals surface area contributed by atoms with Crippen LogP contribution in [0.2, 0.25) is 51.9 Å². The van der Waals surface area contributed by atoms with E-state index in [0.29, 0.717) is 6.42 Å². The van der Waals surface area contributed by atoms with Gasteiger partial charge in [-0.2, -0.15) is 0 Å². The lowest BCUT2D eigenvalue weighted by Gasteiger charge is -2.40. The Morgan fingerprint density at radius 3 is 2.07 bits per heavy atom. The van der Waals surface area contributed by atoms with Crippen molar-refractivity contribution in [1.29, 1.82) is 0 Å². The smallest absolute Gasteiger partial charge is 0.342 e. The molecule has 0 spiro atoms. The number of hydrogen-bond acceptors (Lipinski definition) is 6. The molecule has 1 rings (SSSR count). The zero-order chi connectivity index (χ0) is 21.8. The van der Waals surface area contributed by atoms with Gasteiger partial charge in [0.1, 0.15) is 0 Å². The second kappa shape index (κ2) is 9.45. The molecule has 1 fully saturated rings. The van der Waals surface area contributed by atoms with Crippen molar-refractivity contribution in [2.24, 2.45) is 5.92 Å². The van der Waals surface area contributed by atoms with Crippen molar-refractivity contribution in [3.05, 3.63) is 24.6 Å². The molecule has 1 saturated heterocycles. The Labute approximate surface area is 174 Å². The summed E-state index contributed by atoms with van der Waals surface area (Å²) < 4.78 is 24.0. The Bertz CT molecular complexity index is 619. The van der Waals surface area contributed by atoms with Crippen molar-refractivity contribution in [1.82, 2.24) is 0 Å². The highest BCUT2D eigenvalue weighted by Gasteiger charge is 2.44. The Balaban J connectivity index is 2.66. The third-order valence-corrected chi connectivity index (χ3v) is 19.4. The van der Waals surface area contributed by atoms with Crippen molar-refractivity contribution in [3.8, 4) is 0 Å². The van der Waals surface area contributed by atoms with E-state index in [1.165, 1.54) is 0 Å². The molecule has 10 heteroatoms. The zero-order valence-corrected chi connectivity index (χ0v) is 22.4. The average Bonchev–Trinajstić information content (AvgIpc) is 2.82. The molecule has 0 aromatic heterocycles. The number of cyclic esters (lactones) is 2. The van der Waals surface area contributed by atoms with Crippen molar-refractivity contribution in [2.75, 3.05) is 0 Å². The van der Waals surface area contributed by atoms with Crippen molar-refractivity contribution >= 4 is 45.7 Å². The number of esters is 2. The monoisotopic (exact) mass is 460 g/mol. The molecule has 0 N–H and O–H groups in total. The van der Waals surface area contributed by atoms with Gasteiger partial charge in [-0.05, 0) is 58.3 Å². The molecule has 0 saturated carbocycles. The molecule has 1 aliphatic heterocycles. The highest BCUT2D eigenvalue weighted by Crippen LogP contribution is 2.29. The Morgan fingerprint density at radius 1 is 1.00 bits per heavy atom. The summed E-state index contributed by atoms with van der Waals surface area (Å²) in [4.78, 5) is 22.8. The summed E-state index contributed by atoms with van der Waals surface area (Å²) in [7, 11) is -9.02. The molecule has 28 heavy (non-hydrogen) atoms. The molecule has 6 nitrogen and oxygen atoms in total. The van der Waals surface area contributed by atoms with E-state index in [-0.39, 0.29) is 12.3 Å². The standard InChI is InChI=1S/C18H36O6Si4/c1-10-25(3,4)22-27(7,8)24-28(9,11-2)23-26(5,6)14-12-13-16-15-17(19)21-18(16)20/h10-11,16H,1-2,12-15H2,3-9H3. The highest BCUT2D eigenvalue weighted by molar-refractivity contribution is 6.92. The van der Waals surface area contributed by atoms with Gasteiger partial charge in [0, 0.05) is 0 Å². The average molecular weight is 461 g/mol. The fourth-order valence-corrected chi connectivity index (χ4v) is 20.3. The van der Waals surface area contributed by atoms with E-state index < -0.39 is 45.7 Å². The molecular formula is C18H36O6Si4. The summed E-state index contributed by atoms with van der Waals surface area (Å²) >= 11 is 0. The first-order chi connectivity index (χ1) is 12.6. The summed E-state index contributed by atoms with van der Waals surface area (Å²) in [6.45, 7) is 22.5. The molecule has 160 valence electrons. The van der Waals surface area contributed by atoms with Crippen molar-refractivity contribution < 1.29 is 26.7 Å². The minimum absolute atomic E-state index is 0.198. The number of carbonyl (C=O) groups excluding carboxylic acids is 2. The molecule has 2 unspecified atom stereocenters. The minimum atomic E-state index is -2.61. The second-order valence-corrected chi connectivity index (χ2v) is 24.4. The fraction of sp³-hybridized carbons (Fsp3) is 0.667. The van der Waals surface area contributed by atoms with Gasteiger partial charge in [0.25, 0.3) is 0 Å². The van der Waals surface area contributed by atoms with Crippen LogP contribution in [0, 0.1) is 5.92 Å². The van der Waals surface area contributed by atoms with Gasteiger partial charge in [-0.3, -0.25) is 9.59 Å². The van der Waals surface area contributed by atoms with Crippen LogP contribution in [0.4, 0.5) is 0 Å².